The number of benzene rings is 2. The number of alkyl carbamates (subject to hydrolysis) is 2. The summed E-state index contributed by atoms with van der Waals surface area (Å²) in [4.78, 5) is 66.4. The number of amides is 6. The van der Waals surface area contributed by atoms with E-state index in [-0.39, 0.29) is 18.6 Å². The molecule has 5 aliphatic heterocycles. The maximum absolute atomic E-state index is 13.0. The molecule has 2 aromatic carbocycles. The van der Waals surface area contributed by atoms with Crippen LogP contribution >= 0.6 is 11.6 Å². The fourth-order valence-electron chi connectivity index (χ4n) is 10.8. The molecule has 9 rings (SSSR count). The van der Waals surface area contributed by atoms with Crippen LogP contribution in [0.4, 0.5) is 55.4 Å². The van der Waals surface area contributed by atoms with Crippen LogP contribution in [0.15, 0.2) is 60.7 Å². The first-order valence-electron chi connectivity index (χ1n) is 32.6. The summed E-state index contributed by atoms with van der Waals surface area (Å²) in [6, 6.07) is 17.7. The molecule has 0 spiro atoms. The third-order valence-electron chi connectivity index (χ3n) is 16.6. The van der Waals surface area contributed by atoms with Crippen LogP contribution in [0.3, 0.4) is 0 Å². The zero-order chi connectivity index (χ0) is 69.6. The molecule has 4 atom stereocenters. The van der Waals surface area contributed by atoms with Crippen LogP contribution in [-0.4, -0.2) is 171 Å². The first-order valence-corrected chi connectivity index (χ1v) is 33.0. The van der Waals surface area contributed by atoms with Crippen molar-refractivity contribution in [2.45, 2.75) is 170 Å². The molecular formula is C70H95BClF3N10O10. The van der Waals surface area contributed by atoms with Crippen molar-refractivity contribution in [1.82, 2.24) is 30.4 Å². The van der Waals surface area contributed by atoms with Gasteiger partial charge in [-0.3, -0.25) is 0 Å². The van der Waals surface area contributed by atoms with Gasteiger partial charge < -0.3 is 69.1 Å². The van der Waals surface area contributed by atoms with Crippen molar-refractivity contribution in [3.05, 3.63) is 88.2 Å². The number of carbonyl (C=O) groups excluding carboxylic acids is 4. The maximum Gasteiger partial charge on any atom is 0.495 e. The highest BCUT2D eigenvalue weighted by Gasteiger charge is 2.52. The van der Waals surface area contributed by atoms with Gasteiger partial charge in [-0.05, 0) is 204 Å². The lowest BCUT2D eigenvalue weighted by atomic mass is 9.76. The second kappa shape index (κ2) is 32.5. The molecule has 2 unspecified atom stereocenters. The highest BCUT2D eigenvalue weighted by Crippen LogP contribution is 2.38. The molecule has 5 saturated heterocycles. The van der Waals surface area contributed by atoms with Gasteiger partial charge in [0.25, 0.3) is 0 Å². The number of aromatic nitrogens is 2. The van der Waals surface area contributed by atoms with E-state index in [1.807, 2.05) is 124 Å². The molecule has 6 amide bonds. The Labute approximate surface area is 564 Å². The Kier molecular flexibility index (Phi) is 25.6. The summed E-state index contributed by atoms with van der Waals surface area (Å²) < 4.78 is 71.4. The normalized spacial score (nSPS) is 19.0. The van der Waals surface area contributed by atoms with E-state index in [9.17, 15) is 32.3 Å². The summed E-state index contributed by atoms with van der Waals surface area (Å²) in [5, 5.41) is 11.9. The van der Waals surface area contributed by atoms with E-state index in [0.29, 0.717) is 67.4 Å². The Balaban J connectivity index is 0.000000209. The average molecular weight is 1340 g/mol. The quantitative estimate of drug-likeness (QED) is 0.0860. The SMILES string of the molecule is CC(C#Cc1cc(Cl)cc(N2CCOCC2)n1)NC(=O)OC(C)(C)C.CC[C@@H]1CCN(C(=O)Nc2ccc(C)c(-c3cc(C#CC(C)NC(=O)OC(C)(C)C)nc(N4CCOCC4)c3)c2)C1.Cc1ccc(NC(=O)N2CC[C@@H](CC(F)(F)F)C2)cc1B1OC(C)(C)C(C)(C)O1. The molecule has 516 valence electrons. The molecule has 5 aliphatic rings. The number of urea groups is 2. The van der Waals surface area contributed by atoms with E-state index in [1.165, 1.54) is 4.90 Å². The Hall–Kier alpha value is -7.48. The molecule has 4 aromatic rings. The standard InChI is InChI=1S/C32H43N5O4.C20H28BF3N2O3.C18H24ClN3O3/c1-7-24-12-13-37(21-24)30(38)35-27-10-8-22(2)28(20-27)25-18-26(34-29(19-25)36-14-16-40-17-15-36)11-9-23(3)33-31(39)41-32(4,5)6;1-13-6-7-15(10-16(13)21-28-18(2,3)19(4,5)29-21)25-17(27)26-9-8-14(12-26)11-20(22,23)24;1-13(20-17(23)25-18(2,3)4)5-6-15-11-14(19)12-16(21-15)22-7-9-24-10-8-22/h8,10,18-20,23-24H,7,12-17,21H2,1-6H3,(H,33,39)(H,35,38);6-7,10,14H,8-9,11-12H2,1-5H3,(H,25,27);11-13H,7-10H2,1-4H3,(H,20,23)/t23?,24-;14-;/m10./s1. The van der Waals surface area contributed by atoms with Gasteiger partial charge in [-0.2, -0.15) is 13.2 Å². The zero-order valence-electron chi connectivity index (χ0n) is 57.8. The minimum absolute atomic E-state index is 0.0579. The summed E-state index contributed by atoms with van der Waals surface area (Å²) in [6.45, 7) is 36.2. The number of rotatable bonds is 10. The fraction of sp³-hybridized carbons (Fsp3) is 0.571. The lowest BCUT2D eigenvalue weighted by Gasteiger charge is -2.32. The number of hydrogen-bond donors (Lipinski definition) is 4. The number of likely N-dealkylation sites (tertiary alicyclic amines) is 2. The van der Waals surface area contributed by atoms with Crippen LogP contribution < -0.4 is 36.5 Å². The molecule has 0 aliphatic carbocycles. The van der Waals surface area contributed by atoms with Crippen LogP contribution in [0.2, 0.25) is 5.02 Å². The highest BCUT2D eigenvalue weighted by atomic mass is 35.5. The van der Waals surface area contributed by atoms with Gasteiger partial charge >= 0.3 is 37.5 Å². The van der Waals surface area contributed by atoms with Crippen molar-refractivity contribution < 1.29 is 60.6 Å². The predicted octanol–water partition coefficient (Wildman–Crippen LogP) is 12.4. The molecule has 95 heavy (non-hydrogen) atoms. The van der Waals surface area contributed by atoms with Crippen LogP contribution in [0.25, 0.3) is 11.1 Å². The van der Waals surface area contributed by atoms with Gasteiger partial charge in [0.15, 0.2) is 0 Å². The van der Waals surface area contributed by atoms with Crippen LogP contribution in [-0.2, 0) is 28.3 Å². The van der Waals surface area contributed by atoms with Gasteiger partial charge in [-0.25, -0.2) is 29.1 Å². The number of halogens is 4. The Morgan fingerprint density at radius 1 is 0.653 bits per heavy atom. The van der Waals surface area contributed by atoms with E-state index in [1.54, 1.807) is 25.1 Å². The second-order valence-corrected chi connectivity index (χ2v) is 28.0. The first-order chi connectivity index (χ1) is 44.5. The summed E-state index contributed by atoms with van der Waals surface area (Å²) >= 11 is 6.19. The van der Waals surface area contributed by atoms with Crippen molar-refractivity contribution in [1.29, 1.82) is 0 Å². The molecule has 7 heterocycles. The molecule has 25 heteroatoms. The van der Waals surface area contributed by atoms with Gasteiger partial charge in [0.1, 0.15) is 34.2 Å². The number of pyridine rings is 2. The summed E-state index contributed by atoms with van der Waals surface area (Å²) in [7, 11) is -0.556. The predicted molar refractivity (Wildman–Crippen MR) is 366 cm³/mol. The smallest absolute Gasteiger partial charge is 0.444 e. The average Bonchev–Trinajstić information content (AvgIpc) is 1.61. The third kappa shape index (κ3) is 23.4. The van der Waals surface area contributed by atoms with Crippen molar-refractivity contribution in [3.8, 4) is 34.8 Å². The molecule has 0 radical (unpaired) electrons. The number of morpholine rings is 2. The minimum atomic E-state index is -4.20. The number of aryl methyl sites for hydroxylation is 2. The third-order valence-corrected chi connectivity index (χ3v) is 16.9. The first kappa shape index (κ1) is 74.9. The summed E-state index contributed by atoms with van der Waals surface area (Å²) in [5.74, 6) is 13.8. The summed E-state index contributed by atoms with van der Waals surface area (Å²) in [6.07, 6.45) is -3.56. The largest absolute Gasteiger partial charge is 0.495 e. The monoisotopic (exact) mass is 1340 g/mol. The Morgan fingerprint density at radius 3 is 1.58 bits per heavy atom. The van der Waals surface area contributed by atoms with E-state index in [2.05, 4.69) is 79.6 Å². The number of nitrogens with one attached hydrogen (secondary N) is 4. The Morgan fingerprint density at radius 2 is 1.11 bits per heavy atom. The topological polar surface area (TPSA) is 211 Å². The van der Waals surface area contributed by atoms with Gasteiger partial charge in [0.2, 0.25) is 0 Å². The zero-order valence-corrected chi connectivity index (χ0v) is 58.5. The van der Waals surface area contributed by atoms with Crippen molar-refractivity contribution >= 4 is 71.4 Å². The number of anilines is 4. The number of ether oxygens (including phenoxy) is 4. The molecular weight excluding hydrogens is 1240 g/mol. The van der Waals surface area contributed by atoms with Gasteiger partial charge in [-0.15, -0.1) is 0 Å². The lowest BCUT2D eigenvalue weighted by Crippen LogP contribution is -2.41. The van der Waals surface area contributed by atoms with E-state index >= 15 is 0 Å². The number of hydrogen-bond acceptors (Lipinski definition) is 14. The molecule has 2 aromatic heterocycles. The minimum Gasteiger partial charge on any atom is -0.444 e. The summed E-state index contributed by atoms with van der Waals surface area (Å²) in [5.41, 5.74) is 5.20. The second-order valence-electron chi connectivity index (χ2n) is 27.6. The van der Waals surface area contributed by atoms with E-state index < -0.39 is 72.3 Å². The lowest BCUT2D eigenvalue weighted by molar-refractivity contribution is -0.143. The molecule has 0 saturated carbocycles. The van der Waals surface area contributed by atoms with E-state index in [4.69, 9.17) is 44.8 Å². The van der Waals surface area contributed by atoms with Crippen molar-refractivity contribution in [3.63, 3.8) is 0 Å². The van der Waals surface area contributed by atoms with Crippen LogP contribution in [0.1, 0.15) is 138 Å². The maximum atomic E-state index is 13.0. The number of carbonyl (C=O) groups is 4. The Bertz CT molecular complexity index is 3440. The molecule has 0 bridgehead atoms. The molecule has 5 fully saturated rings. The van der Waals surface area contributed by atoms with Crippen molar-refractivity contribution in [2.24, 2.45) is 11.8 Å². The number of nitrogens with zero attached hydrogens (tertiary/aromatic N) is 6. The van der Waals surface area contributed by atoms with Crippen LogP contribution in [0.5, 0.6) is 0 Å². The number of alkyl halides is 3. The van der Waals surface area contributed by atoms with Gasteiger partial charge in [0, 0.05) is 75.2 Å². The highest BCUT2D eigenvalue weighted by molar-refractivity contribution is 6.62. The van der Waals surface area contributed by atoms with Gasteiger partial charge in [0.05, 0.1) is 49.7 Å². The van der Waals surface area contributed by atoms with Crippen molar-refractivity contribution in [2.75, 3.05) is 99.2 Å². The van der Waals surface area contributed by atoms with Crippen LogP contribution in [0, 0.1) is 49.4 Å². The molecule has 4 N–H and O–H groups in total. The molecule has 20 nitrogen and oxygen atoms in total. The van der Waals surface area contributed by atoms with Gasteiger partial charge in [-0.1, -0.05) is 54.5 Å². The van der Waals surface area contributed by atoms with E-state index in [0.717, 1.165) is 97.1 Å². The fourth-order valence-corrected chi connectivity index (χ4v) is 11.0.